The lowest BCUT2D eigenvalue weighted by molar-refractivity contribution is -0.137. The van der Waals surface area contributed by atoms with E-state index in [4.69, 9.17) is 22.1 Å². The smallest absolute Gasteiger partial charge is 0.242 e. The summed E-state index contributed by atoms with van der Waals surface area (Å²) in [6.07, 6.45) is 4.83. The van der Waals surface area contributed by atoms with Gasteiger partial charge in [-0.2, -0.15) is 0 Å². The van der Waals surface area contributed by atoms with E-state index in [0.29, 0.717) is 18.2 Å². The maximum atomic E-state index is 12.4. The van der Waals surface area contributed by atoms with Crippen molar-refractivity contribution in [1.82, 2.24) is 4.90 Å². The second-order valence-corrected chi connectivity index (χ2v) is 6.18. The summed E-state index contributed by atoms with van der Waals surface area (Å²) in [7, 11) is 1.79. The Hall–Kier alpha value is -0.970. The summed E-state index contributed by atoms with van der Waals surface area (Å²) in [5.41, 5.74) is 5.58. The number of ether oxygens (including phenoxy) is 1. The van der Waals surface area contributed by atoms with Gasteiger partial charge in [-0.05, 0) is 37.1 Å². The molecule has 0 atom stereocenters. The summed E-state index contributed by atoms with van der Waals surface area (Å²) in [6, 6.07) is 7.19. The molecule has 124 valence electrons. The van der Waals surface area contributed by atoms with Gasteiger partial charge in [-0.3, -0.25) is 4.79 Å². The van der Waals surface area contributed by atoms with Crippen LogP contribution >= 0.6 is 24.0 Å². The predicted molar refractivity (Wildman–Crippen MR) is 91.8 cm³/mol. The molecule has 1 aromatic carbocycles. The highest BCUT2D eigenvalue weighted by atomic mass is 35.5. The van der Waals surface area contributed by atoms with Crippen molar-refractivity contribution in [2.24, 2.45) is 5.73 Å². The monoisotopic (exact) mass is 346 g/mol. The molecule has 2 rings (SSSR count). The summed E-state index contributed by atoms with van der Waals surface area (Å²) in [5.74, 6) is 0.780. The number of nitrogens with zero attached hydrogens (tertiary/aromatic N) is 1. The average Bonchev–Trinajstić information content (AvgIpc) is 2.49. The molecule has 0 radical (unpaired) electrons. The first-order valence-corrected chi connectivity index (χ1v) is 7.82. The predicted octanol–water partition coefficient (Wildman–Crippen LogP) is 3.26. The molecule has 0 heterocycles. The Kier molecular flexibility index (Phi) is 7.46. The van der Waals surface area contributed by atoms with E-state index in [9.17, 15) is 4.79 Å². The minimum absolute atomic E-state index is 0. The van der Waals surface area contributed by atoms with Gasteiger partial charge in [0.05, 0.1) is 12.1 Å². The maximum absolute atomic E-state index is 12.4. The zero-order valence-electron chi connectivity index (χ0n) is 12.9. The van der Waals surface area contributed by atoms with Crippen LogP contribution in [0.25, 0.3) is 0 Å². The molecular weight excluding hydrogens is 323 g/mol. The van der Waals surface area contributed by atoms with Crippen LogP contribution in [0.1, 0.15) is 32.1 Å². The van der Waals surface area contributed by atoms with Crippen LogP contribution in [0.2, 0.25) is 5.02 Å². The first kappa shape index (κ1) is 19.1. The second kappa shape index (κ2) is 8.61. The molecule has 2 N–H and O–H groups in total. The Balaban J connectivity index is 0.00000242. The molecule has 0 bridgehead atoms. The first-order chi connectivity index (χ1) is 10.0. The highest BCUT2D eigenvalue weighted by Crippen LogP contribution is 2.27. The topological polar surface area (TPSA) is 55.6 Å². The standard InChI is InChI=1S/C16H23ClN2O2.ClH/c1-19(15(20)16(18)9-3-2-4-10-16)11-12-21-14-7-5-13(17)6-8-14;/h5-8H,2-4,9-12,18H2,1H3;1H. The Morgan fingerprint density at radius 3 is 2.45 bits per heavy atom. The maximum Gasteiger partial charge on any atom is 0.242 e. The molecule has 0 saturated heterocycles. The molecule has 4 nitrogen and oxygen atoms in total. The average molecular weight is 347 g/mol. The van der Waals surface area contributed by atoms with Gasteiger partial charge in [-0.25, -0.2) is 0 Å². The quantitative estimate of drug-likeness (QED) is 0.890. The molecule has 22 heavy (non-hydrogen) atoms. The van der Waals surface area contributed by atoms with Crippen LogP contribution in [0.15, 0.2) is 24.3 Å². The van der Waals surface area contributed by atoms with Crippen molar-refractivity contribution in [2.45, 2.75) is 37.6 Å². The van der Waals surface area contributed by atoms with Gasteiger partial charge in [0.25, 0.3) is 0 Å². The number of amides is 1. The van der Waals surface area contributed by atoms with Crippen molar-refractivity contribution in [1.29, 1.82) is 0 Å². The molecule has 1 aliphatic rings. The van der Waals surface area contributed by atoms with E-state index in [0.717, 1.165) is 31.4 Å². The Morgan fingerprint density at radius 1 is 1.27 bits per heavy atom. The van der Waals surface area contributed by atoms with Crippen LogP contribution in [0.4, 0.5) is 0 Å². The van der Waals surface area contributed by atoms with Gasteiger partial charge >= 0.3 is 0 Å². The fourth-order valence-electron chi connectivity index (χ4n) is 2.71. The highest BCUT2D eigenvalue weighted by Gasteiger charge is 2.37. The Bertz CT molecular complexity index is 474. The molecule has 0 aromatic heterocycles. The Labute approximate surface area is 143 Å². The lowest BCUT2D eigenvalue weighted by Gasteiger charge is -2.35. The molecule has 1 amide bonds. The number of carbonyl (C=O) groups is 1. The number of hydrogen-bond donors (Lipinski definition) is 1. The molecule has 0 spiro atoms. The number of hydrogen-bond acceptors (Lipinski definition) is 3. The van der Waals surface area contributed by atoms with Crippen LogP contribution in [0.3, 0.4) is 0 Å². The van der Waals surface area contributed by atoms with E-state index in [1.807, 2.05) is 12.1 Å². The van der Waals surface area contributed by atoms with Crippen LogP contribution in [-0.2, 0) is 4.79 Å². The van der Waals surface area contributed by atoms with E-state index >= 15 is 0 Å². The number of likely N-dealkylation sites (N-methyl/N-ethyl adjacent to an activating group) is 1. The minimum atomic E-state index is -0.673. The number of rotatable bonds is 5. The van der Waals surface area contributed by atoms with E-state index in [1.54, 1.807) is 24.1 Å². The summed E-state index contributed by atoms with van der Waals surface area (Å²) in [5, 5.41) is 0.678. The molecule has 1 fully saturated rings. The normalized spacial score (nSPS) is 16.5. The van der Waals surface area contributed by atoms with Gasteiger partial charge in [0.15, 0.2) is 0 Å². The molecule has 1 saturated carbocycles. The van der Waals surface area contributed by atoms with Gasteiger partial charge in [-0.15, -0.1) is 12.4 Å². The molecule has 0 unspecified atom stereocenters. The van der Waals surface area contributed by atoms with E-state index in [2.05, 4.69) is 0 Å². The first-order valence-electron chi connectivity index (χ1n) is 7.44. The lowest BCUT2D eigenvalue weighted by atomic mass is 9.81. The highest BCUT2D eigenvalue weighted by molar-refractivity contribution is 6.30. The van der Waals surface area contributed by atoms with E-state index in [1.165, 1.54) is 6.42 Å². The summed E-state index contributed by atoms with van der Waals surface area (Å²) >= 11 is 5.82. The van der Waals surface area contributed by atoms with Gasteiger partial charge in [-0.1, -0.05) is 30.9 Å². The number of halogens is 2. The minimum Gasteiger partial charge on any atom is -0.492 e. The van der Waals surface area contributed by atoms with E-state index in [-0.39, 0.29) is 18.3 Å². The zero-order chi connectivity index (χ0) is 15.3. The molecule has 1 aliphatic carbocycles. The third-order valence-corrected chi connectivity index (χ3v) is 4.28. The lowest BCUT2D eigenvalue weighted by Crippen LogP contribution is -2.55. The van der Waals surface area contributed by atoms with Crippen molar-refractivity contribution in [3.05, 3.63) is 29.3 Å². The number of carbonyl (C=O) groups excluding carboxylic acids is 1. The van der Waals surface area contributed by atoms with Crippen LogP contribution in [0, 0.1) is 0 Å². The SMILES string of the molecule is CN(CCOc1ccc(Cl)cc1)C(=O)C1(N)CCCCC1.Cl. The van der Waals surface area contributed by atoms with Crippen molar-refractivity contribution in [3.8, 4) is 5.75 Å². The number of nitrogens with two attached hydrogens (primary N) is 1. The van der Waals surface area contributed by atoms with Crippen LogP contribution in [0.5, 0.6) is 5.75 Å². The van der Waals surface area contributed by atoms with Crippen LogP contribution < -0.4 is 10.5 Å². The largest absolute Gasteiger partial charge is 0.492 e. The van der Waals surface area contributed by atoms with Gasteiger partial charge < -0.3 is 15.4 Å². The molecule has 1 aromatic rings. The van der Waals surface area contributed by atoms with Crippen molar-refractivity contribution < 1.29 is 9.53 Å². The van der Waals surface area contributed by atoms with Gasteiger partial charge in [0, 0.05) is 12.1 Å². The van der Waals surface area contributed by atoms with Crippen molar-refractivity contribution in [3.63, 3.8) is 0 Å². The van der Waals surface area contributed by atoms with Crippen molar-refractivity contribution >= 4 is 29.9 Å². The molecule has 0 aliphatic heterocycles. The number of benzene rings is 1. The summed E-state index contributed by atoms with van der Waals surface area (Å²) < 4.78 is 5.61. The second-order valence-electron chi connectivity index (χ2n) is 5.75. The van der Waals surface area contributed by atoms with Crippen molar-refractivity contribution in [2.75, 3.05) is 20.2 Å². The van der Waals surface area contributed by atoms with Crippen LogP contribution in [-0.4, -0.2) is 36.5 Å². The molecular formula is C16H24Cl2N2O2. The third-order valence-electron chi connectivity index (χ3n) is 4.03. The van der Waals surface area contributed by atoms with E-state index < -0.39 is 5.54 Å². The fraction of sp³-hybridized carbons (Fsp3) is 0.562. The third kappa shape index (κ3) is 5.04. The fourth-order valence-corrected chi connectivity index (χ4v) is 2.84. The summed E-state index contributed by atoms with van der Waals surface area (Å²) in [6.45, 7) is 0.973. The molecule has 6 heteroatoms. The van der Waals surface area contributed by atoms with Gasteiger partial charge in [0.1, 0.15) is 12.4 Å². The Morgan fingerprint density at radius 2 is 1.86 bits per heavy atom. The summed E-state index contributed by atoms with van der Waals surface area (Å²) in [4.78, 5) is 14.1. The van der Waals surface area contributed by atoms with Gasteiger partial charge in [0.2, 0.25) is 5.91 Å². The zero-order valence-corrected chi connectivity index (χ0v) is 14.5.